The van der Waals surface area contributed by atoms with Gasteiger partial charge in [-0.2, -0.15) is 0 Å². The zero-order valence-corrected chi connectivity index (χ0v) is 8.68. The number of nitrogens with zero attached hydrogens (tertiary/aromatic N) is 1. The van der Waals surface area contributed by atoms with Gasteiger partial charge in [0.1, 0.15) is 5.82 Å². The van der Waals surface area contributed by atoms with E-state index in [2.05, 4.69) is 10.3 Å². The number of nitrogens with one attached hydrogen (secondary N) is 1. The molecule has 0 saturated carbocycles. The molecule has 82 valence electrons. The Morgan fingerprint density at radius 2 is 2.12 bits per heavy atom. The van der Waals surface area contributed by atoms with Crippen LogP contribution < -0.4 is 5.32 Å². The molecule has 0 saturated heterocycles. The number of aliphatic carboxylic acids is 1. The van der Waals surface area contributed by atoms with Gasteiger partial charge in [-0.1, -0.05) is 24.3 Å². The molecule has 0 aliphatic carbocycles. The fourth-order valence-electron chi connectivity index (χ4n) is 1.55. The number of hydrogen-bond donors (Lipinski definition) is 2. The van der Waals surface area contributed by atoms with Crippen LogP contribution in [0.25, 0.3) is 10.8 Å². The van der Waals surface area contributed by atoms with Crippen LogP contribution in [-0.2, 0) is 4.79 Å². The molecule has 1 aromatic carbocycles. The highest BCUT2D eigenvalue weighted by atomic mass is 16.4. The molecule has 2 rings (SSSR count). The topological polar surface area (TPSA) is 62.2 Å². The van der Waals surface area contributed by atoms with Crippen LogP contribution in [0.2, 0.25) is 0 Å². The third-order valence-electron chi connectivity index (χ3n) is 2.30. The standard InChI is InChI=1S/C12H12N2O2/c15-11(16)6-8-14-12-10-4-2-1-3-9(10)5-7-13-12/h1-5,7H,6,8H2,(H,13,14)(H,15,16). The Morgan fingerprint density at radius 3 is 2.94 bits per heavy atom. The minimum Gasteiger partial charge on any atom is -0.481 e. The first kappa shape index (κ1) is 10.4. The number of benzene rings is 1. The molecule has 0 bridgehead atoms. The van der Waals surface area contributed by atoms with Crippen molar-refractivity contribution in [2.24, 2.45) is 0 Å². The number of carbonyl (C=O) groups is 1. The predicted molar refractivity (Wildman–Crippen MR) is 62.5 cm³/mol. The summed E-state index contributed by atoms with van der Waals surface area (Å²) in [5, 5.41) is 13.7. The third kappa shape index (κ3) is 2.28. The number of carboxylic acid groups (broad SMARTS) is 1. The Kier molecular flexibility index (Phi) is 3.00. The summed E-state index contributed by atoms with van der Waals surface area (Å²) in [4.78, 5) is 14.6. The van der Waals surface area contributed by atoms with Gasteiger partial charge in [-0.15, -0.1) is 0 Å². The normalized spacial score (nSPS) is 10.2. The predicted octanol–water partition coefficient (Wildman–Crippen LogP) is 2.12. The summed E-state index contributed by atoms with van der Waals surface area (Å²) < 4.78 is 0. The van der Waals surface area contributed by atoms with E-state index >= 15 is 0 Å². The lowest BCUT2D eigenvalue weighted by atomic mass is 10.1. The fourth-order valence-corrected chi connectivity index (χ4v) is 1.55. The molecule has 1 aromatic heterocycles. The molecule has 0 spiro atoms. The average Bonchev–Trinajstić information content (AvgIpc) is 2.29. The first-order valence-corrected chi connectivity index (χ1v) is 5.07. The molecule has 4 nitrogen and oxygen atoms in total. The molecule has 0 fully saturated rings. The van der Waals surface area contributed by atoms with Crippen molar-refractivity contribution < 1.29 is 9.90 Å². The van der Waals surface area contributed by atoms with Gasteiger partial charge in [0.15, 0.2) is 0 Å². The lowest BCUT2D eigenvalue weighted by Gasteiger charge is -2.06. The van der Waals surface area contributed by atoms with Crippen LogP contribution in [0.1, 0.15) is 6.42 Å². The second-order valence-corrected chi connectivity index (χ2v) is 3.45. The third-order valence-corrected chi connectivity index (χ3v) is 2.30. The van der Waals surface area contributed by atoms with Gasteiger partial charge in [0.25, 0.3) is 0 Å². The molecule has 0 aliphatic heterocycles. The van der Waals surface area contributed by atoms with Crippen LogP contribution in [0.4, 0.5) is 5.82 Å². The van der Waals surface area contributed by atoms with E-state index in [-0.39, 0.29) is 6.42 Å². The Bertz CT molecular complexity index is 506. The average molecular weight is 216 g/mol. The zero-order chi connectivity index (χ0) is 11.4. The number of rotatable bonds is 4. The molecule has 0 radical (unpaired) electrons. The van der Waals surface area contributed by atoms with Crippen molar-refractivity contribution in [3.8, 4) is 0 Å². The SMILES string of the molecule is O=C(O)CCNc1nccc2ccccc12. The molecule has 0 atom stereocenters. The lowest BCUT2D eigenvalue weighted by molar-refractivity contribution is -0.136. The quantitative estimate of drug-likeness (QED) is 0.821. The molecule has 2 aromatic rings. The molecule has 4 heteroatoms. The maximum Gasteiger partial charge on any atom is 0.305 e. The number of fused-ring (bicyclic) bond motifs is 1. The first-order valence-electron chi connectivity index (χ1n) is 5.07. The molecule has 1 heterocycles. The summed E-state index contributed by atoms with van der Waals surface area (Å²) in [5.74, 6) is -0.0768. The first-order chi connectivity index (χ1) is 7.77. The summed E-state index contributed by atoms with van der Waals surface area (Å²) in [7, 11) is 0. The van der Waals surface area contributed by atoms with Crippen molar-refractivity contribution in [1.29, 1.82) is 0 Å². The Morgan fingerprint density at radius 1 is 1.31 bits per heavy atom. The summed E-state index contributed by atoms with van der Waals surface area (Å²) in [5.41, 5.74) is 0. The Hall–Kier alpha value is -2.10. The molecule has 0 amide bonds. The Labute approximate surface area is 92.9 Å². The van der Waals surface area contributed by atoms with Crippen LogP contribution in [0.5, 0.6) is 0 Å². The van der Waals surface area contributed by atoms with Crippen LogP contribution in [-0.4, -0.2) is 22.6 Å². The van der Waals surface area contributed by atoms with Gasteiger partial charge in [0.2, 0.25) is 0 Å². The van der Waals surface area contributed by atoms with E-state index < -0.39 is 5.97 Å². The lowest BCUT2D eigenvalue weighted by Crippen LogP contribution is -2.08. The summed E-state index contributed by atoms with van der Waals surface area (Å²) in [6.07, 6.45) is 1.80. The highest BCUT2D eigenvalue weighted by Crippen LogP contribution is 2.19. The molecule has 2 N–H and O–H groups in total. The Balaban J connectivity index is 2.20. The fraction of sp³-hybridized carbons (Fsp3) is 0.167. The largest absolute Gasteiger partial charge is 0.481 e. The van der Waals surface area contributed by atoms with Gasteiger partial charge < -0.3 is 10.4 Å². The van der Waals surface area contributed by atoms with Crippen LogP contribution in [0.3, 0.4) is 0 Å². The second kappa shape index (κ2) is 4.61. The van der Waals surface area contributed by atoms with Crippen molar-refractivity contribution in [3.05, 3.63) is 36.5 Å². The van der Waals surface area contributed by atoms with E-state index in [0.29, 0.717) is 6.54 Å². The monoisotopic (exact) mass is 216 g/mol. The smallest absolute Gasteiger partial charge is 0.305 e. The van der Waals surface area contributed by atoms with E-state index in [4.69, 9.17) is 5.11 Å². The molecule has 0 unspecified atom stereocenters. The number of hydrogen-bond acceptors (Lipinski definition) is 3. The maximum atomic E-state index is 10.4. The van der Waals surface area contributed by atoms with E-state index in [9.17, 15) is 4.79 Å². The van der Waals surface area contributed by atoms with E-state index in [1.165, 1.54) is 0 Å². The second-order valence-electron chi connectivity index (χ2n) is 3.45. The van der Waals surface area contributed by atoms with Crippen LogP contribution >= 0.6 is 0 Å². The number of aromatic nitrogens is 1. The van der Waals surface area contributed by atoms with Gasteiger partial charge in [0, 0.05) is 18.1 Å². The zero-order valence-electron chi connectivity index (χ0n) is 8.68. The van der Waals surface area contributed by atoms with E-state index in [1.54, 1.807) is 6.20 Å². The van der Waals surface area contributed by atoms with E-state index in [1.807, 2.05) is 30.3 Å². The number of pyridine rings is 1. The molecule has 16 heavy (non-hydrogen) atoms. The van der Waals surface area contributed by atoms with Crippen molar-refractivity contribution in [2.75, 3.05) is 11.9 Å². The van der Waals surface area contributed by atoms with Gasteiger partial charge in [0.05, 0.1) is 6.42 Å². The van der Waals surface area contributed by atoms with Crippen molar-refractivity contribution in [2.45, 2.75) is 6.42 Å². The summed E-state index contributed by atoms with van der Waals surface area (Å²) >= 11 is 0. The minimum absolute atomic E-state index is 0.0882. The van der Waals surface area contributed by atoms with Crippen molar-refractivity contribution in [3.63, 3.8) is 0 Å². The van der Waals surface area contributed by atoms with Gasteiger partial charge >= 0.3 is 5.97 Å². The molecule has 0 aliphatic rings. The minimum atomic E-state index is -0.812. The van der Waals surface area contributed by atoms with Gasteiger partial charge in [-0.3, -0.25) is 4.79 Å². The van der Waals surface area contributed by atoms with Gasteiger partial charge in [-0.25, -0.2) is 4.98 Å². The van der Waals surface area contributed by atoms with Crippen LogP contribution in [0.15, 0.2) is 36.5 Å². The van der Waals surface area contributed by atoms with Crippen LogP contribution in [0, 0.1) is 0 Å². The number of anilines is 1. The maximum absolute atomic E-state index is 10.4. The molecular weight excluding hydrogens is 204 g/mol. The van der Waals surface area contributed by atoms with Gasteiger partial charge in [-0.05, 0) is 11.5 Å². The van der Waals surface area contributed by atoms with E-state index in [0.717, 1.165) is 16.6 Å². The van der Waals surface area contributed by atoms with Crippen molar-refractivity contribution >= 4 is 22.6 Å². The summed E-state index contributed by atoms with van der Waals surface area (Å²) in [6, 6.07) is 9.79. The molecular formula is C12H12N2O2. The van der Waals surface area contributed by atoms with Crippen molar-refractivity contribution in [1.82, 2.24) is 4.98 Å². The highest BCUT2D eigenvalue weighted by Gasteiger charge is 2.01. The number of carboxylic acids is 1. The summed E-state index contributed by atoms with van der Waals surface area (Å²) in [6.45, 7) is 0.385. The highest BCUT2D eigenvalue weighted by molar-refractivity contribution is 5.91.